The number of hydrogen-bond donors (Lipinski definition) is 0. The minimum atomic E-state index is -0.642. The van der Waals surface area contributed by atoms with Gasteiger partial charge in [0.15, 0.2) is 0 Å². The van der Waals surface area contributed by atoms with Crippen LogP contribution >= 0.6 is 0 Å². The number of carbonyl (C=O) groups excluding carboxylic acids is 2. The average Bonchev–Trinajstić information content (AvgIpc) is 3.31. The van der Waals surface area contributed by atoms with Crippen LogP contribution in [0.15, 0.2) is 54.2 Å². The molecule has 9 nitrogen and oxygen atoms in total. The fourth-order valence-corrected chi connectivity index (χ4v) is 5.91. The average molecular weight is 588 g/mol. The first kappa shape index (κ1) is 30.7. The Morgan fingerprint density at radius 1 is 0.977 bits per heavy atom. The Labute approximate surface area is 254 Å². The fourth-order valence-electron chi connectivity index (χ4n) is 5.91. The van der Waals surface area contributed by atoms with Gasteiger partial charge in [0.05, 0.1) is 29.3 Å². The van der Waals surface area contributed by atoms with Crippen LogP contribution in [-0.2, 0) is 22.4 Å². The normalized spacial score (nSPS) is 18.6. The summed E-state index contributed by atoms with van der Waals surface area (Å²) in [5, 5.41) is 0. The number of ether oxygens (including phenoxy) is 2. The Morgan fingerprint density at radius 3 is 2.49 bits per heavy atom. The van der Waals surface area contributed by atoms with Crippen LogP contribution in [0.2, 0.25) is 0 Å². The van der Waals surface area contributed by atoms with Crippen LogP contribution in [0.3, 0.4) is 0 Å². The predicted octanol–water partition coefficient (Wildman–Crippen LogP) is 7.05. The summed E-state index contributed by atoms with van der Waals surface area (Å²) >= 11 is 0. The van der Waals surface area contributed by atoms with E-state index in [0.717, 1.165) is 48.8 Å². The first-order valence-corrected chi connectivity index (χ1v) is 15.4. The van der Waals surface area contributed by atoms with E-state index in [1.54, 1.807) is 9.47 Å². The minimum absolute atomic E-state index is 0.0687. The van der Waals surface area contributed by atoms with Gasteiger partial charge in [-0.3, -0.25) is 9.88 Å². The van der Waals surface area contributed by atoms with Crippen molar-refractivity contribution in [3.8, 4) is 0 Å². The zero-order valence-electron chi connectivity index (χ0n) is 26.4. The highest BCUT2D eigenvalue weighted by molar-refractivity contribution is 5.87. The molecule has 230 valence electrons. The van der Waals surface area contributed by atoms with E-state index in [4.69, 9.17) is 19.4 Å². The lowest BCUT2D eigenvalue weighted by atomic mass is 9.90. The molecule has 1 atom stereocenters. The molecular formula is C34H45N5O4. The molecule has 1 aliphatic heterocycles. The Kier molecular flexibility index (Phi) is 8.92. The number of likely N-dealkylation sites (tertiary alicyclic amines) is 1. The molecule has 3 heterocycles. The number of rotatable bonds is 5. The second kappa shape index (κ2) is 12.5. The summed E-state index contributed by atoms with van der Waals surface area (Å²) in [4.78, 5) is 40.3. The molecule has 1 fully saturated rings. The maximum absolute atomic E-state index is 13.5. The van der Waals surface area contributed by atoms with Crippen LogP contribution in [0.4, 0.5) is 9.59 Å². The molecule has 1 aliphatic carbocycles. The van der Waals surface area contributed by atoms with Gasteiger partial charge in [-0.25, -0.2) is 19.1 Å². The Balaban J connectivity index is 1.47. The highest BCUT2D eigenvalue weighted by Gasteiger charge is 2.31. The van der Waals surface area contributed by atoms with Gasteiger partial charge in [0, 0.05) is 25.8 Å². The van der Waals surface area contributed by atoms with Gasteiger partial charge in [0.25, 0.3) is 0 Å². The molecule has 0 spiro atoms. The first-order chi connectivity index (χ1) is 20.4. The summed E-state index contributed by atoms with van der Waals surface area (Å²) in [7, 11) is 0. The summed E-state index contributed by atoms with van der Waals surface area (Å²) in [5.74, 6) is 0.635. The lowest BCUT2D eigenvalue weighted by Crippen LogP contribution is -2.41. The van der Waals surface area contributed by atoms with Crippen LogP contribution in [0.5, 0.6) is 0 Å². The quantitative estimate of drug-likeness (QED) is 0.296. The third kappa shape index (κ3) is 7.63. The molecule has 0 saturated carbocycles. The van der Waals surface area contributed by atoms with E-state index in [1.165, 1.54) is 11.1 Å². The van der Waals surface area contributed by atoms with Gasteiger partial charge in [-0.1, -0.05) is 29.8 Å². The zero-order chi connectivity index (χ0) is 30.8. The first-order valence-electron chi connectivity index (χ1n) is 15.4. The molecule has 1 aromatic carbocycles. The summed E-state index contributed by atoms with van der Waals surface area (Å²) < 4.78 is 13.1. The number of imidazole rings is 1. The lowest BCUT2D eigenvalue weighted by molar-refractivity contribution is 0.0246. The lowest BCUT2D eigenvalue weighted by Gasteiger charge is -2.35. The molecule has 0 N–H and O–H groups in total. The van der Waals surface area contributed by atoms with Crippen molar-refractivity contribution >= 4 is 23.2 Å². The van der Waals surface area contributed by atoms with E-state index < -0.39 is 17.3 Å². The number of nitrogens with zero attached hydrogens (tertiary/aromatic N) is 5. The second-order valence-electron chi connectivity index (χ2n) is 13.6. The standard InChI is InChI=1S/C34H45N5O4/c1-33(2,3)42-31(40)38-20-11-12-24(22-38)18-21-37(28-17-9-13-25-14-10-19-35-30(25)28)23-29-36-26-15-7-8-16-27(26)39(29)32(41)43-34(4,5)6/h7-8,10,14-16,18-19,28H,9,11-13,17,20-23H2,1-6H3. The van der Waals surface area contributed by atoms with E-state index in [1.807, 2.05) is 78.1 Å². The molecule has 0 radical (unpaired) electrons. The highest BCUT2D eigenvalue weighted by Crippen LogP contribution is 2.34. The van der Waals surface area contributed by atoms with Gasteiger partial charge in [-0.2, -0.15) is 0 Å². The van der Waals surface area contributed by atoms with Crippen molar-refractivity contribution in [2.24, 2.45) is 0 Å². The second-order valence-corrected chi connectivity index (χ2v) is 13.6. The van der Waals surface area contributed by atoms with Crippen LogP contribution < -0.4 is 0 Å². The number of fused-ring (bicyclic) bond motifs is 2. The smallest absolute Gasteiger partial charge is 0.420 e. The molecule has 1 amide bonds. The Bertz CT molecular complexity index is 1500. The minimum Gasteiger partial charge on any atom is -0.444 e. The molecule has 5 rings (SSSR count). The monoisotopic (exact) mass is 587 g/mol. The largest absolute Gasteiger partial charge is 0.444 e. The molecule has 0 bridgehead atoms. The van der Waals surface area contributed by atoms with Crippen LogP contribution in [0, 0.1) is 0 Å². The molecular weight excluding hydrogens is 542 g/mol. The molecule has 3 aromatic rings. The molecule has 1 unspecified atom stereocenters. The van der Waals surface area contributed by atoms with E-state index in [9.17, 15) is 9.59 Å². The number of pyridine rings is 1. The van der Waals surface area contributed by atoms with Gasteiger partial charge in [0.2, 0.25) is 0 Å². The number of benzene rings is 1. The summed E-state index contributed by atoms with van der Waals surface area (Å²) in [6.07, 6.45) is 8.27. The number of hydrogen-bond acceptors (Lipinski definition) is 7. The van der Waals surface area contributed by atoms with E-state index >= 15 is 0 Å². The third-order valence-electron chi connectivity index (χ3n) is 7.74. The summed E-state index contributed by atoms with van der Waals surface area (Å²) in [5.41, 5.74) is 3.88. The third-order valence-corrected chi connectivity index (χ3v) is 7.74. The number of carbonyl (C=O) groups is 2. The van der Waals surface area contributed by atoms with Gasteiger partial charge in [-0.15, -0.1) is 0 Å². The predicted molar refractivity (Wildman–Crippen MR) is 167 cm³/mol. The summed E-state index contributed by atoms with van der Waals surface area (Å²) in [6.45, 7) is 13.6. The SMILES string of the molecule is CC(C)(C)OC(=O)N1CCCC(=CCN(Cc2nc3ccccc3n2C(=O)OC(C)(C)C)C2CCCc3cccnc32)C1. The van der Waals surface area contributed by atoms with Crippen LogP contribution in [0.25, 0.3) is 11.0 Å². The van der Waals surface area contributed by atoms with Gasteiger partial charge >= 0.3 is 12.2 Å². The molecule has 1 saturated heterocycles. The molecule has 43 heavy (non-hydrogen) atoms. The van der Waals surface area contributed by atoms with Crippen molar-refractivity contribution in [1.82, 2.24) is 24.3 Å². The van der Waals surface area contributed by atoms with E-state index in [2.05, 4.69) is 17.0 Å². The van der Waals surface area contributed by atoms with Gasteiger partial charge in [0.1, 0.15) is 17.0 Å². The van der Waals surface area contributed by atoms with Crippen LogP contribution in [-0.4, -0.2) is 67.4 Å². The highest BCUT2D eigenvalue weighted by atomic mass is 16.6. The van der Waals surface area contributed by atoms with Crippen molar-refractivity contribution in [3.63, 3.8) is 0 Å². The fraction of sp³-hybridized carbons (Fsp3) is 0.529. The zero-order valence-corrected chi connectivity index (χ0v) is 26.4. The number of aromatic nitrogens is 3. The van der Waals surface area contributed by atoms with Gasteiger partial charge in [-0.05, 0) is 97.4 Å². The maximum Gasteiger partial charge on any atom is 0.420 e. The van der Waals surface area contributed by atoms with Gasteiger partial charge < -0.3 is 14.4 Å². The van der Waals surface area contributed by atoms with Crippen molar-refractivity contribution in [3.05, 3.63) is 71.3 Å². The molecule has 9 heteroatoms. The van der Waals surface area contributed by atoms with Crippen molar-refractivity contribution < 1.29 is 19.1 Å². The van der Waals surface area contributed by atoms with Crippen LogP contribution in [0.1, 0.15) is 90.3 Å². The number of piperidine rings is 1. The topological polar surface area (TPSA) is 89.8 Å². The van der Waals surface area contributed by atoms with Crippen molar-refractivity contribution in [2.45, 2.75) is 97.4 Å². The molecule has 2 aromatic heterocycles. The number of aryl methyl sites for hydroxylation is 1. The summed E-state index contributed by atoms with van der Waals surface area (Å²) in [6, 6.07) is 11.9. The molecule has 2 aliphatic rings. The van der Waals surface area contributed by atoms with E-state index in [0.29, 0.717) is 32.0 Å². The Morgan fingerprint density at radius 2 is 1.72 bits per heavy atom. The maximum atomic E-state index is 13.5. The number of para-hydroxylation sites is 2. The number of amides is 1. The van der Waals surface area contributed by atoms with Crippen molar-refractivity contribution in [1.29, 1.82) is 0 Å². The van der Waals surface area contributed by atoms with E-state index in [-0.39, 0.29) is 12.1 Å². The Hall–Kier alpha value is -3.72. The van der Waals surface area contributed by atoms with Crippen molar-refractivity contribution in [2.75, 3.05) is 19.6 Å².